The van der Waals surface area contributed by atoms with Gasteiger partial charge in [-0.2, -0.15) is 0 Å². The van der Waals surface area contributed by atoms with Crippen molar-refractivity contribution < 1.29 is 9.59 Å². The van der Waals surface area contributed by atoms with Crippen LogP contribution < -0.4 is 11.1 Å². The summed E-state index contributed by atoms with van der Waals surface area (Å²) in [6, 6.07) is 7.41. The van der Waals surface area contributed by atoms with Gasteiger partial charge in [0.05, 0.1) is 5.25 Å². The molecule has 0 fully saturated rings. The zero-order valence-electron chi connectivity index (χ0n) is 14.9. The van der Waals surface area contributed by atoms with Crippen LogP contribution in [0.25, 0.3) is 5.69 Å². The Kier molecular flexibility index (Phi) is 6.25. The van der Waals surface area contributed by atoms with Gasteiger partial charge in [0.2, 0.25) is 5.91 Å². The zero-order valence-corrected chi connectivity index (χ0v) is 15.7. The molecule has 2 rings (SSSR count). The maximum Gasteiger partial charge on any atom is 0.318 e. The van der Waals surface area contributed by atoms with Crippen LogP contribution in [0.3, 0.4) is 0 Å². The summed E-state index contributed by atoms with van der Waals surface area (Å²) in [4.78, 5) is 27.6. The summed E-state index contributed by atoms with van der Waals surface area (Å²) in [5.74, 6) is 0.0727. The molecule has 1 atom stereocenters. The first-order valence-corrected chi connectivity index (χ1v) is 9.08. The van der Waals surface area contributed by atoms with Gasteiger partial charge in [-0.15, -0.1) is 0 Å². The van der Waals surface area contributed by atoms with Crippen LogP contribution in [-0.4, -0.2) is 26.7 Å². The van der Waals surface area contributed by atoms with Crippen LogP contribution in [0.2, 0.25) is 0 Å². The largest absolute Gasteiger partial charge is 0.351 e. The average molecular weight is 360 g/mol. The number of nitrogens with one attached hydrogen (secondary N) is 1. The van der Waals surface area contributed by atoms with E-state index in [-0.39, 0.29) is 5.92 Å². The van der Waals surface area contributed by atoms with Crippen LogP contribution >= 0.6 is 11.8 Å². The molecule has 0 aliphatic heterocycles. The van der Waals surface area contributed by atoms with Gasteiger partial charge in [-0.3, -0.25) is 14.7 Å². The second kappa shape index (κ2) is 8.20. The number of carbonyl (C=O) groups is 2. The molecule has 2 aromatic rings. The summed E-state index contributed by atoms with van der Waals surface area (Å²) < 4.78 is 1.93. The molecule has 1 unspecified atom stereocenters. The molecule has 25 heavy (non-hydrogen) atoms. The first-order valence-electron chi connectivity index (χ1n) is 8.20. The molecule has 0 saturated carbocycles. The molecule has 0 bridgehead atoms. The fourth-order valence-corrected chi connectivity index (χ4v) is 3.46. The van der Waals surface area contributed by atoms with Gasteiger partial charge in [-0.25, -0.2) is 9.78 Å². The number of hydrogen-bond donors (Lipinski definition) is 2. The van der Waals surface area contributed by atoms with Crippen molar-refractivity contribution >= 4 is 23.7 Å². The molecular weight excluding hydrogens is 336 g/mol. The van der Waals surface area contributed by atoms with Crippen LogP contribution in [0, 0.1) is 5.92 Å². The van der Waals surface area contributed by atoms with Crippen LogP contribution in [0.4, 0.5) is 4.79 Å². The number of thioether (sulfide) groups is 1. The van der Waals surface area contributed by atoms with Gasteiger partial charge in [-0.1, -0.05) is 51.6 Å². The van der Waals surface area contributed by atoms with Gasteiger partial charge >= 0.3 is 6.03 Å². The number of amides is 3. The lowest BCUT2D eigenvalue weighted by Crippen LogP contribution is -2.42. The zero-order chi connectivity index (χ0) is 18.6. The smallest absolute Gasteiger partial charge is 0.318 e. The van der Waals surface area contributed by atoms with Crippen molar-refractivity contribution in [2.24, 2.45) is 11.7 Å². The van der Waals surface area contributed by atoms with Crippen LogP contribution in [0.5, 0.6) is 0 Å². The summed E-state index contributed by atoms with van der Waals surface area (Å²) in [5.41, 5.74) is 7.30. The fourth-order valence-electron chi connectivity index (χ4n) is 2.39. The minimum atomic E-state index is -0.844. The molecule has 3 amide bonds. The van der Waals surface area contributed by atoms with E-state index >= 15 is 0 Å². The number of imidazole rings is 1. The molecule has 134 valence electrons. The highest BCUT2D eigenvalue weighted by molar-refractivity contribution is 8.00. The molecule has 0 aliphatic rings. The monoisotopic (exact) mass is 360 g/mol. The Morgan fingerprint density at radius 1 is 1.16 bits per heavy atom. The van der Waals surface area contributed by atoms with Crippen LogP contribution in [0.15, 0.2) is 41.8 Å². The molecule has 0 radical (unpaired) electrons. The molecule has 1 aromatic heterocycles. The normalized spacial score (nSPS) is 12.4. The lowest BCUT2D eigenvalue weighted by molar-refractivity contribution is -0.120. The maximum absolute atomic E-state index is 12.2. The number of carbonyl (C=O) groups excluding carboxylic acids is 2. The van der Waals surface area contributed by atoms with Crippen molar-refractivity contribution in [1.82, 2.24) is 14.9 Å². The summed E-state index contributed by atoms with van der Waals surface area (Å²) in [7, 11) is 0. The van der Waals surface area contributed by atoms with Gasteiger partial charge < -0.3 is 5.73 Å². The number of nitrogens with two attached hydrogens (primary N) is 1. The van der Waals surface area contributed by atoms with E-state index in [0.717, 1.165) is 5.69 Å². The summed E-state index contributed by atoms with van der Waals surface area (Å²) in [6.45, 7) is 8.14. The van der Waals surface area contributed by atoms with Crippen molar-refractivity contribution in [1.29, 1.82) is 0 Å². The average Bonchev–Trinajstić information content (AvgIpc) is 2.99. The number of benzene rings is 1. The minimum absolute atomic E-state index is 0.0119. The van der Waals surface area contributed by atoms with E-state index in [1.54, 1.807) is 6.20 Å². The predicted octanol–water partition coefficient (Wildman–Crippen LogP) is 3.31. The summed E-state index contributed by atoms with van der Waals surface area (Å²) in [6.07, 6.45) is 3.55. The van der Waals surface area contributed by atoms with Gasteiger partial charge in [0, 0.05) is 18.1 Å². The molecule has 0 spiro atoms. The third kappa shape index (κ3) is 4.85. The van der Waals surface area contributed by atoms with E-state index in [2.05, 4.69) is 36.3 Å². The predicted molar refractivity (Wildman–Crippen MR) is 99.9 cm³/mol. The highest BCUT2D eigenvalue weighted by Crippen LogP contribution is 2.29. The van der Waals surface area contributed by atoms with E-state index < -0.39 is 17.2 Å². The first kappa shape index (κ1) is 19.1. The highest BCUT2D eigenvalue weighted by Gasteiger charge is 2.26. The Hall–Kier alpha value is -2.28. The van der Waals surface area contributed by atoms with Crippen molar-refractivity contribution in [3.8, 4) is 5.69 Å². The molecule has 0 saturated heterocycles. The van der Waals surface area contributed by atoms with Gasteiger partial charge in [-0.05, 0) is 29.5 Å². The van der Waals surface area contributed by atoms with Crippen molar-refractivity contribution in [2.75, 3.05) is 0 Å². The maximum atomic E-state index is 12.2. The van der Waals surface area contributed by atoms with Gasteiger partial charge in [0.1, 0.15) is 0 Å². The SMILES string of the molecule is CC(C)c1ccc(-n2ccnc2SC(C(=O)NC(N)=O)C(C)C)cc1. The van der Waals surface area contributed by atoms with E-state index in [1.807, 2.05) is 36.7 Å². The lowest BCUT2D eigenvalue weighted by Gasteiger charge is -2.19. The minimum Gasteiger partial charge on any atom is -0.351 e. The molecule has 1 heterocycles. The molecule has 6 nitrogen and oxygen atoms in total. The Bertz CT molecular complexity index is 738. The van der Waals surface area contributed by atoms with Gasteiger partial charge in [0.25, 0.3) is 0 Å². The molecule has 7 heteroatoms. The number of urea groups is 1. The Morgan fingerprint density at radius 2 is 1.80 bits per heavy atom. The molecular formula is C18H24N4O2S. The van der Waals surface area contributed by atoms with E-state index in [1.165, 1.54) is 17.3 Å². The number of hydrogen-bond acceptors (Lipinski definition) is 4. The van der Waals surface area contributed by atoms with E-state index in [4.69, 9.17) is 5.73 Å². The van der Waals surface area contributed by atoms with Gasteiger partial charge in [0.15, 0.2) is 5.16 Å². The Labute approximate surface area is 152 Å². The summed E-state index contributed by atoms with van der Waals surface area (Å²) >= 11 is 1.32. The number of rotatable bonds is 6. The van der Waals surface area contributed by atoms with E-state index in [9.17, 15) is 9.59 Å². The third-order valence-corrected chi connectivity index (χ3v) is 5.31. The fraction of sp³-hybridized carbons (Fsp3) is 0.389. The lowest BCUT2D eigenvalue weighted by atomic mass is 10.0. The van der Waals surface area contributed by atoms with Crippen LogP contribution in [-0.2, 0) is 4.79 Å². The number of imide groups is 1. The molecule has 0 aliphatic carbocycles. The van der Waals surface area contributed by atoms with Crippen molar-refractivity contribution in [2.45, 2.75) is 44.0 Å². The summed E-state index contributed by atoms with van der Waals surface area (Å²) in [5, 5.41) is 2.38. The van der Waals surface area contributed by atoms with Crippen molar-refractivity contribution in [3.05, 3.63) is 42.2 Å². The third-order valence-electron chi connectivity index (χ3n) is 3.79. The highest BCUT2D eigenvalue weighted by atomic mass is 32.2. The number of aromatic nitrogens is 2. The topological polar surface area (TPSA) is 90.0 Å². The van der Waals surface area contributed by atoms with Crippen LogP contribution in [0.1, 0.15) is 39.2 Å². The molecule has 1 aromatic carbocycles. The van der Waals surface area contributed by atoms with Crippen molar-refractivity contribution in [3.63, 3.8) is 0 Å². The number of primary amides is 1. The molecule has 3 N–H and O–H groups in total. The second-order valence-electron chi connectivity index (χ2n) is 6.46. The standard InChI is InChI=1S/C18H24N4O2S/c1-11(2)13-5-7-14(8-6-13)22-10-9-20-18(22)25-15(12(3)4)16(23)21-17(19)24/h5-12,15H,1-4H3,(H3,19,21,23,24). The Balaban J connectivity index is 2.24. The van der Waals surface area contributed by atoms with E-state index in [0.29, 0.717) is 11.1 Å². The Morgan fingerprint density at radius 3 is 2.32 bits per heavy atom. The first-order chi connectivity index (χ1) is 11.8. The second-order valence-corrected chi connectivity index (χ2v) is 7.57. The number of nitrogens with zero attached hydrogens (tertiary/aromatic N) is 2. The quantitative estimate of drug-likeness (QED) is 0.773.